The van der Waals surface area contributed by atoms with Gasteiger partial charge in [0.05, 0.1) is 5.69 Å². The van der Waals surface area contributed by atoms with E-state index in [1.807, 2.05) is 42.2 Å². The van der Waals surface area contributed by atoms with Crippen molar-refractivity contribution in [3.63, 3.8) is 0 Å². The number of hydrogen-bond acceptors (Lipinski definition) is 3. The van der Waals surface area contributed by atoms with E-state index in [2.05, 4.69) is 5.32 Å². The van der Waals surface area contributed by atoms with Gasteiger partial charge in [-0.15, -0.1) is 0 Å². The molecule has 1 saturated heterocycles. The molecule has 1 N–H and O–H groups in total. The second-order valence-corrected chi connectivity index (χ2v) is 7.86. The second kappa shape index (κ2) is 8.21. The van der Waals surface area contributed by atoms with Gasteiger partial charge in [-0.3, -0.25) is 9.59 Å². The van der Waals surface area contributed by atoms with Gasteiger partial charge < -0.3 is 14.6 Å². The number of anilines is 1. The topological polar surface area (TPSA) is 62.6 Å². The minimum absolute atomic E-state index is 0.00192. The van der Waals surface area contributed by atoms with Crippen LogP contribution in [0.1, 0.15) is 62.4 Å². The Morgan fingerprint density at radius 1 is 1.07 bits per heavy atom. The zero-order valence-corrected chi connectivity index (χ0v) is 16.4. The van der Waals surface area contributed by atoms with Crippen LogP contribution >= 0.6 is 0 Å². The normalized spacial score (nSPS) is 21.8. The molecule has 2 atom stereocenters. The Kier molecular flexibility index (Phi) is 5.51. The van der Waals surface area contributed by atoms with Crippen LogP contribution in [0.2, 0.25) is 0 Å². The summed E-state index contributed by atoms with van der Waals surface area (Å²) in [6.45, 7) is 2.64. The molecule has 1 saturated carbocycles. The zero-order valence-electron chi connectivity index (χ0n) is 16.4. The summed E-state index contributed by atoms with van der Waals surface area (Å²) in [5, 5.41) is 2.90. The van der Waals surface area contributed by atoms with Crippen molar-refractivity contribution in [1.29, 1.82) is 0 Å². The molecule has 1 aromatic carbocycles. The summed E-state index contributed by atoms with van der Waals surface area (Å²) < 4.78 is 5.98. The highest BCUT2D eigenvalue weighted by Crippen LogP contribution is 2.37. The summed E-state index contributed by atoms with van der Waals surface area (Å²) in [6.07, 6.45) is 7.56. The van der Waals surface area contributed by atoms with Gasteiger partial charge in [-0.25, -0.2) is 0 Å². The van der Waals surface area contributed by atoms with Gasteiger partial charge in [0.2, 0.25) is 5.91 Å². The van der Waals surface area contributed by atoms with Crippen LogP contribution in [-0.2, 0) is 4.79 Å². The van der Waals surface area contributed by atoms with Gasteiger partial charge in [-0.05, 0) is 55.9 Å². The number of rotatable bonds is 4. The highest BCUT2D eigenvalue weighted by Gasteiger charge is 2.36. The van der Waals surface area contributed by atoms with Crippen molar-refractivity contribution in [2.24, 2.45) is 5.92 Å². The number of hydrogen-bond donors (Lipinski definition) is 1. The van der Waals surface area contributed by atoms with Crippen LogP contribution in [0.3, 0.4) is 0 Å². The van der Waals surface area contributed by atoms with Gasteiger partial charge >= 0.3 is 0 Å². The number of likely N-dealkylation sites (tertiary alicyclic amines) is 1. The van der Waals surface area contributed by atoms with Crippen LogP contribution in [0.5, 0.6) is 0 Å². The SMILES string of the molecule is CCC(=O)Nc1ccccc1-c1ccc(C(=O)N2CCC[C@@H]3CCCC[C@@H]32)o1. The summed E-state index contributed by atoms with van der Waals surface area (Å²) in [6, 6.07) is 11.5. The van der Waals surface area contributed by atoms with Crippen molar-refractivity contribution in [2.45, 2.75) is 57.9 Å². The van der Waals surface area contributed by atoms with Crippen LogP contribution < -0.4 is 5.32 Å². The number of fused-ring (bicyclic) bond motifs is 1. The third-order valence-electron chi connectivity index (χ3n) is 6.11. The third kappa shape index (κ3) is 3.71. The molecule has 2 aliphatic rings. The molecule has 1 aliphatic heterocycles. The molecule has 5 nitrogen and oxygen atoms in total. The number of furan rings is 1. The van der Waals surface area contributed by atoms with Crippen molar-refractivity contribution in [3.8, 4) is 11.3 Å². The van der Waals surface area contributed by atoms with Gasteiger partial charge in [0, 0.05) is 24.6 Å². The fourth-order valence-electron chi connectivity index (χ4n) is 4.66. The van der Waals surface area contributed by atoms with Crippen LogP contribution in [0.4, 0.5) is 5.69 Å². The van der Waals surface area contributed by atoms with Gasteiger partial charge in [0.1, 0.15) is 5.76 Å². The Bertz CT molecular complexity index is 855. The molecule has 1 aromatic heterocycles. The molecule has 0 radical (unpaired) electrons. The Labute approximate surface area is 166 Å². The van der Waals surface area contributed by atoms with Crippen LogP contribution in [0.15, 0.2) is 40.8 Å². The lowest BCUT2D eigenvalue weighted by Crippen LogP contribution is -2.49. The van der Waals surface area contributed by atoms with Crippen molar-refractivity contribution < 1.29 is 14.0 Å². The van der Waals surface area contributed by atoms with Crippen LogP contribution in [-0.4, -0.2) is 29.3 Å². The third-order valence-corrected chi connectivity index (χ3v) is 6.11. The fraction of sp³-hybridized carbons (Fsp3) is 0.478. The number of para-hydroxylation sites is 1. The maximum atomic E-state index is 13.2. The predicted molar refractivity (Wildman–Crippen MR) is 109 cm³/mol. The van der Waals surface area contributed by atoms with E-state index in [0.717, 1.165) is 24.9 Å². The highest BCUT2D eigenvalue weighted by atomic mass is 16.4. The molecule has 2 amide bonds. The molecular formula is C23H28N2O3. The Hall–Kier alpha value is -2.56. The first-order chi connectivity index (χ1) is 13.7. The maximum Gasteiger partial charge on any atom is 0.289 e. The first-order valence-electron chi connectivity index (χ1n) is 10.5. The summed E-state index contributed by atoms with van der Waals surface area (Å²) in [5.74, 6) is 1.58. The molecule has 0 bridgehead atoms. The van der Waals surface area contributed by atoms with Crippen molar-refractivity contribution in [3.05, 3.63) is 42.2 Å². The summed E-state index contributed by atoms with van der Waals surface area (Å²) >= 11 is 0. The number of benzene rings is 1. The van der Waals surface area contributed by atoms with E-state index >= 15 is 0 Å². The van der Waals surface area contributed by atoms with Crippen molar-refractivity contribution in [2.75, 3.05) is 11.9 Å². The smallest absolute Gasteiger partial charge is 0.289 e. The molecule has 1 aliphatic carbocycles. The minimum Gasteiger partial charge on any atom is -0.451 e. The van der Waals surface area contributed by atoms with Crippen LogP contribution in [0.25, 0.3) is 11.3 Å². The molecule has 4 rings (SSSR count). The standard InChI is InChI=1S/C23H28N2O3/c1-2-22(26)24-18-11-5-4-10-17(18)20-13-14-21(28-20)23(27)25-15-7-9-16-8-3-6-12-19(16)25/h4-5,10-11,13-14,16,19H,2-3,6-9,12,15H2,1H3,(H,24,26)/t16-,19-/m0/s1. The van der Waals surface area contributed by atoms with E-state index in [9.17, 15) is 9.59 Å². The monoisotopic (exact) mass is 380 g/mol. The highest BCUT2D eigenvalue weighted by molar-refractivity contribution is 5.96. The quantitative estimate of drug-likeness (QED) is 0.803. The van der Waals surface area contributed by atoms with Gasteiger partial charge in [0.25, 0.3) is 5.91 Å². The van der Waals surface area contributed by atoms with Crippen molar-refractivity contribution in [1.82, 2.24) is 4.90 Å². The van der Waals surface area contributed by atoms with E-state index in [0.29, 0.717) is 35.6 Å². The largest absolute Gasteiger partial charge is 0.451 e. The molecule has 148 valence electrons. The molecule has 5 heteroatoms. The number of piperidine rings is 1. The average molecular weight is 380 g/mol. The maximum absolute atomic E-state index is 13.2. The fourth-order valence-corrected chi connectivity index (χ4v) is 4.66. The summed E-state index contributed by atoms with van der Waals surface area (Å²) in [4.78, 5) is 27.0. The second-order valence-electron chi connectivity index (χ2n) is 7.86. The Balaban J connectivity index is 1.56. The zero-order chi connectivity index (χ0) is 19.5. The average Bonchev–Trinajstić information content (AvgIpc) is 3.23. The molecule has 2 fully saturated rings. The van der Waals surface area contributed by atoms with Gasteiger partial charge in [-0.1, -0.05) is 31.9 Å². The lowest BCUT2D eigenvalue weighted by molar-refractivity contribution is -0.115. The van der Waals surface area contributed by atoms with E-state index in [1.165, 1.54) is 25.7 Å². The predicted octanol–water partition coefficient (Wildman–Crippen LogP) is 5.09. The molecule has 2 aromatic rings. The Morgan fingerprint density at radius 3 is 2.71 bits per heavy atom. The number of nitrogens with one attached hydrogen (secondary N) is 1. The summed E-state index contributed by atoms with van der Waals surface area (Å²) in [5.41, 5.74) is 1.49. The van der Waals surface area contributed by atoms with Crippen LogP contribution in [0, 0.1) is 5.92 Å². The van der Waals surface area contributed by atoms with Gasteiger partial charge in [0.15, 0.2) is 5.76 Å². The molecule has 0 spiro atoms. The molecular weight excluding hydrogens is 352 g/mol. The van der Waals surface area contributed by atoms with E-state index in [1.54, 1.807) is 6.07 Å². The Morgan fingerprint density at radius 2 is 1.86 bits per heavy atom. The summed E-state index contributed by atoms with van der Waals surface area (Å²) in [7, 11) is 0. The van der Waals surface area contributed by atoms with E-state index in [-0.39, 0.29) is 11.8 Å². The molecule has 2 heterocycles. The number of carbonyl (C=O) groups is 2. The first-order valence-corrected chi connectivity index (χ1v) is 10.5. The van der Waals surface area contributed by atoms with E-state index < -0.39 is 0 Å². The first kappa shape index (κ1) is 18.8. The number of nitrogens with zero attached hydrogens (tertiary/aromatic N) is 1. The lowest BCUT2D eigenvalue weighted by atomic mass is 9.78. The van der Waals surface area contributed by atoms with Gasteiger partial charge in [-0.2, -0.15) is 0 Å². The van der Waals surface area contributed by atoms with E-state index in [4.69, 9.17) is 4.42 Å². The minimum atomic E-state index is -0.0491. The van der Waals surface area contributed by atoms with Crippen molar-refractivity contribution >= 4 is 17.5 Å². The lowest BCUT2D eigenvalue weighted by Gasteiger charge is -2.43. The number of amides is 2. The molecule has 28 heavy (non-hydrogen) atoms. The molecule has 0 unspecified atom stereocenters. The number of carbonyl (C=O) groups excluding carboxylic acids is 2.